The first-order valence-electron chi connectivity index (χ1n) is 4.60. The molecule has 1 rings (SSSR count). The molecule has 0 saturated carbocycles. The van der Waals surface area contributed by atoms with Crippen LogP contribution in [0, 0.1) is 6.92 Å². The lowest BCUT2D eigenvalue weighted by molar-refractivity contribution is -0.109. The maximum atomic E-state index is 10.8. The first-order chi connectivity index (χ1) is 7.13. The molecule has 1 atom stereocenters. The van der Waals surface area contributed by atoms with E-state index in [1.807, 2.05) is 13.0 Å². The zero-order valence-electron chi connectivity index (χ0n) is 9.00. The van der Waals surface area contributed by atoms with Crippen molar-refractivity contribution in [2.24, 2.45) is 0 Å². The smallest absolute Gasteiger partial charge is 0.141 e. The van der Waals surface area contributed by atoms with Gasteiger partial charge in [-0.1, -0.05) is 11.6 Å². The van der Waals surface area contributed by atoms with Gasteiger partial charge >= 0.3 is 0 Å². The molecule has 0 fully saturated rings. The molecule has 0 spiro atoms. The second-order valence-corrected chi connectivity index (χ2v) is 3.65. The Kier molecular flexibility index (Phi) is 4.12. The summed E-state index contributed by atoms with van der Waals surface area (Å²) in [5, 5.41) is 3.52. The summed E-state index contributed by atoms with van der Waals surface area (Å²) in [4.78, 5) is 10.8. The molecular weight excluding hydrogens is 214 g/mol. The Labute approximate surface area is 94.4 Å². The molecular formula is C11H14ClNO2. The van der Waals surface area contributed by atoms with Crippen LogP contribution < -0.4 is 10.1 Å². The van der Waals surface area contributed by atoms with Crippen LogP contribution in [0.5, 0.6) is 5.75 Å². The SMILES string of the molecule is CNC(C=O)c1cc(Cl)c(C)cc1OC. The van der Waals surface area contributed by atoms with Gasteiger partial charge in [0.1, 0.15) is 12.0 Å². The molecule has 1 unspecified atom stereocenters. The highest BCUT2D eigenvalue weighted by Gasteiger charge is 2.15. The Morgan fingerprint density at radius 3 is 2.67 bits per heavy atom. The van der Waals surface area contributed by atoms with E-state index in [1.165, 1.54) is 0 Å². The Hall–Kier alpha value is -1.06. The summed E-state index contributed by atoms with van der Waals surface area (Å²) in [5.41, 5.74) is 1.68. The van der Waals surface area contributed by atoms with Gasteiger partial charge in [-0.25, -0.2) is 0 Å². The predicted octanol–water partition coefficient (Wildman–Crippen LogP) is 2.12. The molecule has 1 aromatic carbocycles. The minimum Gasteiger partial charge on any atom is -0.496 e. The van der Waals surface area contributed by atoms with Crippen molar-refractivity contribution >= 4 is 17.9 Å². The molecule has 0 saturated heterocycles. The molecule has 1 N–H and O–H groups in total. The van der Waals surface area contributed by atoms with Gasteiger partial charge < -0.3 is 14.8 Å². The molecule has 4 heteroatoms. The van der Waals surface area contributed by atoms with E-state index in [1.54, 1.807) is 20.2 Å². The lowest BCUT2D eigenvalue weighted by Gasteiger charge is -2.15. The predicted molar refractivity (Wildman–Crippen MR) is 60.6 cm³/mol. The number of aryl methyl sites for hydroxylation is 1. The zero-order chi connectivity index (χ0) is 11.4. The van der Waals surface area contributed by atoms with Crippen LogP contribution in [0.4, 0.5) is 0 Å². The minimum atomic E-state index is -0.391. The molecule has 82 valence electrons. The number of methoxy groups -OCH3 is 1. The Balaban J connectivity index is 3.25. The van der Waals surface area contributed by atoms with E-state index < -0.39 is 6.04 Å². The molecule has 0 aromatic heterocycles. The third-order valence-electron chi connectivity index (χ3n) is 2.29. The van der Waals surface area contributed by atoms with E-state index in [2.05, 4.69) is 5.32 Å². The second-order valence-electron chi connectivity index (χ2n) is 3.25. The standard InChI is InChI=1S/C11H14ClNO2/c1-7-4-11(15-3)8(5-9(7)12)10(6-14)13-2/h4-6,10,13H,1-3H3. The van der Waals surface area contributed by atoms with E-state index >= 15 is 0 Å². The number of nitrogens with one attached hydrogen (secondary N) is 1. The van der Waals surface area contributed by atoms with Crippen LogP contribution >= 0.6 is 11.6 Å². The average Bonchev–Trinajstić information content (AvgIpc) is 2.24. The average molecular weight is 228 g/mol. The van der Waals surface area contributed by atoms with Crippen molar-refractivity contribution in [3.63, 3.8) is 0 Å². The van der Waals surface area contributed by atoms with E-state index in [0.717, 1.165) is 17.4 Å². The summed E-state index contributed by atoms with van der Waals surface area (Å²) < 4.78 is 5.21. The van der Waals surface area contributed by atoms with Crippen LogP contribution in [-0.4, -0.2) is 20.4 Å². The van der Waals surface area contributed by atoms with Crippen molar-refractivity contribution in [2.75, 3.05) is 14.2 Å². The number of benzene rings is 1. The number of carbonyl (C=O) groups excluding carboxylic acids is 1. The highest BCUT2D eigenvalue weighted by molar-refractivity contribution is 6.31. The van der Waals surface area contributed by atoms with E-state index in [9.17, 15) is 4.79 Å². The van der Waals surface area contributed by atoms with Crippen LogP contribution in [0.1, 0.15) is 17.2 Å². The minimum absolute atomic E-state index is 0.391. The molecule has 0 aliphatic heterocycles. The quantitative estimate of drug-likeness (QED) is 0.801. The highest BCUT2D eigenvalue weighted by Crippen LogP contribution is 2.30. The van der Waals surface area contributed by atoms with Gasteiger partial charge in [0.2, 0.25) is 0 Å². The highest BCUT2D eigenvalue weighted by atomic mass is 35.5. The fraction of sp³-hybridized carbons (Fsp3) is 0.364. The Morgan fingerprint density at radius 2 is 2.20 bits per heavy atom. The van der Waals surface area contributed by atoms with Crippen LogP contribution in [-0.2, 0) is 4.79 Å². The molecule has 0 amide bonds. The van der Waals surface area contributed by atoms with Gasteiger partial charge in [0.25, 0.3) is 0 Å². The summed E-state index contributed by atoms with van der Waals surface area (Å²) in [7, 11) is 3.29. The largest absolute Gasteiger partial charge is 0.496 e. The lowest BCUT2D eigenvalue weighted by Crippen LogP contribution is -2.18. The van der Waals surface area contributed by atoms with Crippen molar-refractivity contribution in [2.45, 2.75) is 13.0 Å². The Bertz CT molecular complexity index is 366. The fourth-order valence-electron chi connectivity index (χ4n) is 1.39. The monoisotopic (exact) mass is 227 g/mol. The Morgan fingerprint density at radius 1 is 1.53 bits per heavy atom. The molecule has 0 aliphatic rings. The van der Waals surface area contributed by atoms with Crippen LogP contribution in [0.2, 0.25) is 5.02 Å². The number of likely N-dealkylation sites (N-methyl/N-ethyl adjacent to an activating group) is 1. The fourth-order valence-corrected chi connectivity index (χ4v) is 1.56. The normalized spacial score (nSPS) is 12.3. The van der Waals surface area contributed by atoms with Gasteiger partial charge in [-0.2, -0.15) is 0 Å². The number of rotatable bonds is 4. The van der Waals surface area contributed by atoms with E-state index in [-0.39, 0.29) is 0 Å². The van der Waals surface area contributed by atoms with Crippen molar-refractivity contribution < 1.29 is 9.53 Å². The molecule has 0 radical (unpaired) electrons. The third-order valence-corrected chi connectivity index (χ3v) is 2.70. The van der Waals surface area contributed by atoms with Gasteiger partial charge in [0, 0.05) is 10.6 Å². The lowest BCUT2D eigenvalue weighted by atomic mass is 10.0. The zero-order valence-corrected chi connectivity index (χ0v) is 9.76. The number of aldehydes is 1. The molecule has 1 aromatic rings. The van der Waals surface area contributed by atoms with Crippen molar-refractivity contribution in [1.29, 1.82) is 0 Å². The van der Waals surface area contributed by atoms with Gasteiger partial charge in [-0.3, -0.25) is 0 Å². The first-order valence-corrected chi connectivity index (χ1v) is 4.98. The molecule has 3 nitrogen and oxygen atoms in total. The summed E-state index contributed by atoms with van der Waals surface area (Å²) >= 11 is 6.00. The molecule has 0 heterocycles. The number of halogens is 1. The summed E-state index contributed by atoms with van der Waals surface area (Å²) in [6.07, 6.45) is 0.823. The number of ether oxygens (including phenoxy) is 1. The number of carbonyl (C=O) groups is 1. The summed E-state index contributed by atoms with van der Waals surface area (Å²) in [5.74, 6) is 0.670. The second kappa shape index (κ2) is 5.14. The van der Waals surface area contributed by atoms with Crippen LogP contribution in [0.3, 0.4) is 0 Å². The summed E-state index contributed by atoms with van der Waals surface area (Å²) in [6, 6.07) is 3.19. The van der Waals surface area contributed by atoms with E-state index in [0.29, 0.717) is 10.8 Å². The van der Waals surface area contributed by atoms with Gasteiger partial charge in [-0.15, -0.1) is 0 Å². The molecule has 15 heavy (non-hydrogen) atoms. The maximum absolute atomic E-state index is 10.8. The third kappa shape index (κ3) is 2.49. The van der Waals surface area contributed by atoms with Crippen molar-refractivity contribution in [3.8, 4) is 5.75 Å². The molecule has 0 aliphatic carbocycles. The van der Waals surface area contributed by atoms with Crippen molar-refractivity contribution in [1.82, 2.24) is 5.32 Å². The topological polar surface area (TPSA) is 38.3 Å². The van der Waals surface area contributed by atoms with Gasteiger partial charge in [-0.05, 0) is 31.7 Å². The number of hydrogen-bond acceptors (Lipinski definition) is 3. The number of hydrogen-bond donors (Lipinski definition) is 1. The van der Waals surface area contributed by atoms with Gasteiger partial charge in [0.15, 0.2) is 0 Å². The first kappa shape index (κ1) is 12.0. The molecule has 0 bridgehead atoms. The van der Waals surface area contributed by atoms with Crippen LogP contribution in [0.15, 0.2) is 12.1 Å². The summed E-state index contributed by atoms with van der Waals surface area (Å²) in [6.45, 7) is 1.89. The van der Waals surface area contributed by atoms with Crippen LogP contribution in [0.25, 0.3) is 0 Å². The van der Waals surface area contributed by atoms with Gasteiger partial charge in [0.05, 0.1) is 13.2 Å². The maximum Gasteiger partial charge on any atom is 0.141 e. The van der Waals surface area contributed by atoms with E-state index in [4.69, 9.17) is 16.3 Å². The van der Waals surface area contributed by atoms with Crippen molar-refractivity contribution in [3.05, 3.63) is 28.3 Å².